The molecule has 0 radical (unpaired) electrons. The minimum Gasteiger partial charge on any atom is -0.611 e. The van der Waals surface area contributed by atoms with Crippen LogP contribution in [0.4, 0.5) is 13.2 Å². The lowest BCUT2D eigenvalue weighted by Gasteiger charge is -2.32. The van der Waals surface area contributed by atoms with Gasteiger partial charge in [-0.3, -0.25) is 0 Å². The number of ether oxygens (including phenoxy) is 1. The van der Waals surface area contributed by atoms with E-state index in [1.165, 1.54) is 12.1 Å². The maximum atomic E-state index is 12.9. The summed E-state index contributed by atoms with van der Waals surface area (Å²) in [4.78, 5) is 12.2. The third-order valence-corrected chi connectivity index (χ3v) is 5.83. The maximum Gasteiger partial charge on any atom is 0.573 e. The van der Waals surface area contributed by atoms with Gasteiger partial charge in [0.2, 0.25) is 0 Å². The van der Waals surface area contributed by atoms with E-state index in [0.717, 1.165) is 12.1 Å². The lowest BCUT2D eigenvalue weighted by Crippen LogP contribution is -2.33. The largest absolute Gasteiger partial charge is 0.611 e. The quantitative estimate of drug-likeness (QED) is 0.726. The van der Waals surface area contributed by atoms with E-state index in [0.29, 0.717) is 16.3 Å². The van der Waals surface area contributed by atoms with Crippen LogP contribution < -0.4 is 10.1 Å². The van der Waals surface area contributed by atoms with Crippen molar-refractivity contribution in [3.05, 3.63) is 51.7 Å². The summed E-state index contributed by atoms with van der Waals surface area (Å²) < 4.78 is 54.5. The Kier molecular flexibility index (Phi) is 6.16. The summed E-state index contributed by atoms with van der Waals surface area (Å²) in [6.07, 6.45) is -4.87. The first-order chi connectivity index (χ1) is 12.4. The van der Waals surface area contributed by atoms with Crippen LogP contribution in [0, 0.1) is 0 Å². The Morgan fingerprint density at radius 2 is 1.93 bits per heavy atom. The first-order valence-corrected chi connectivity index (χ1v) is 9.31. The molecular weight excluding hydrogens is 383 g/mol. The number of allylic oxidation sites excluding steroid dienone is 3. The van der Waals surface area contributed by atoms with Crippen molar-refractivity contribution < 1.29 is 32.4 Å². The van der Waals surface area contributed by atoms with E-state index in [-0.39, 0.29) is 16.4 Å². The molecule has 2 atom stereocenters. The number of halogens is 3. The van der Waals surface area contributed by atoms with Crippen molar-refractivity contribution in [3.8, 4) is 5.75 Å². The topological polar surface area (TPSA) is 81.6 Å². The molecule has 2 N–H and O–H groups in total. The SMILES string of the molecule is CC1=C(C(=O)O)C(c2cccc(OC(F)(F)F)c2)C([S+]([O-])C(C)C)=C(C)N1. The van der Waals surface area contributed by atoms with Crippen LogP contribution in [0.1, 0.15) is 39.2 Å². The number of carboxylic acid groups (broad SMARTS) is 1. The number of carbonyl (C=O) groups is 1. The van der Waals surface area contributed by atoms with Gasteiger partial charge in [0.15, 0.2) is 4.91 Å². The molecule has 2 rings (SSSR count). The summed E-state index contributed by atoms with van der Waals surface area (Å²) in [6.45, 7) is 6.68. The van der Waals surface area contributed by atoms with E-state index < -0.39 is 35.2 Å². The third-order valence-electron chi connectivity index (χ3n) is 4.00. The van der Waals surface area contributed by atoms with E-state index in [2.05, 4.69) is 10.1 Å². The Morgan fingerprint density at radius 3 is 2.44 bits per heavy atom. The second kappa shape index (κ2) is 7.85. The highest BCUT2D eigenvalue weighted by atomic mass is 32.2. The minimum atomic E-state index is -4.87. The Hall–Kier alpha value is -2.13. The Labute approximate surface area is 158 Å². The van der Waals surface area contributed by atoms with Crippen molar-refractivity contribution in [2.75, 3.05) is 0 Å². The van der Waals surface area contributed by atoms with Crippen molar-refractivity contribution in [2.45, 2.75) is 45.2 Å². The first kappa shape index (κ1) is 21.2. The molecule has 0 fully saturated rings. The van der Waals surface area contributed by atoms with E-state index in [4.69, 9.17) is 0 Å². The zero-order chi connectivity index (χ0) is 20.5. The van der Waals surface area contributed by atoms with Crippen LogP contribution in [-0.2, 0) is 16.0 Å². The summed E-state index contributed by atoms with van der Waals surface area (Å²) in [5, 5.41) is 12.3. The Morgan fingerprint density at radius 1 is 1.30 bits per heavy atom. The second-order valence-corrected chi connectivity index (χ2v) is 8.34. The number of nitrogens with one attached hydrogen (secondary N) is 1. The molecule has 1 aliphatic rings. The smallest absolute Gasteiger partial charge is 0.573 e. The molecule has 5 nitrogen and oxygen atoms in total. The normalized spacial score (nSPS) is 19.2. The van der Waals surface area contributed by atoms with Gasteiger partial charge < -0.3 is 19.7 Å². The molecule has 27 heavy (non-hydrogen) atoms. The lowest BCUT2D eigenvalue weighted by atomic mass is 9.86. The van der Waals surface area contributed by atoms with Gasteiger partial charge in [-0.1, -0.05) is 12.1 Å². The average molecular weight is 403 g/mol. The van der Waals surface area contributed by atoms with Gasteiger partial charge in [0, 0.05) is 5.70 Å². The highest BCUT2D eigenvalue weighted by Gasteiger charge is 2.41. The summed E-state index contributed by atoms with van der Waals surface area (Å²) >= 11 is -1.54. The monoisotopic (exact) mass is 403 g/mol. The van der Waals surface area contributed by atoms with Crippen LogP contribution in [0.15, 0.2) is 46.1 Å². The third kappa shape index (κ3) is 4.78. The molecule has 0 saturated carbocycles. The van der Waals surface area contributed by atoms with Crippen LogP contribution in [0.25, 0.3) is 0 Å². The van der Waals surface area contributed by atoms with Gasteiger partial charge in [-0.2, -0.15) is 0 Å². The molecule has 1 aromatic carbocycles. The van der Waals surface area contributed by atoms with Crippen LogP contribution in [0.2, 0.25) is 0 Å². The zero-order valence-electron chi connectivity index (χ0n) is 15.2. The fourth-order valence-corrected chi connectivity index (χ4v) is 4.34. The van der Waals surface area contributed by atoms with Crippen molar-refractivity contribution in [3.63, 3.8) is 0 Å². The Balaban J connectivity index is 2.64. The molecule has 0 amide bonds. The van der Waals surface area contributed by atoms with Gasteiger partial charge in [-0.05, 0) is 56.6 Å². The first-order valence-electron chi connectivity index (χ1n) is 8.10. The highest BCUT2D eigenvalue weighted by molar-refractivity contribution is 7.95. The molecule has 2 unspecified atom stereocenters. The summed E-state index contributed by atoms with van der Waals surface area (Å²) in [7, 11) is 0. The second-order valence-electron chi connectivity index (χ2n) is 6.36. The van der Waals surface area contributed by atoms with Crippen molar-refractivity contribution in [2.24, 2.45) is 0 Å². The molecule has 0 spiro atoms. The summed E-state index contributed by atoms with van der Waals surface area (Å²) in [6, 6.07) is 5.11. The number of dihydropyridines is 1. The molecule has 0 bridgehead atoms. The van der Waals surface area contributed by atoms with Crippen molar-refractivity contribution in [1.29, 1.82) is 0 Å². The van der Waals surface area contributed by atoms with Gasteiger partial charge in [-0.15, -0.1) is 13.2 Å². The molecule has 1 aromatic rings. The van der Waals surface area contributed by atoms with Crippen molar-refractivity contribution in [1.82, 2.24) is 5.32 Å². The van der Waals surface area contributed by atoms with E-state index >= 15 is 0 Å². The van der Waals surface area contributed by atoms with E-state index in [9.17, 15) is 27.6 Å². The standard InChI is InChI=1S/C18H20F3NO4S/c1-9(2)27(25)16-11(4)22-10(3)14(17(23)24)15(16)12-6-5-7-13(8-12)26-18(19,20)21/h5-9,15,22H,1-4H3,(H,23,24). The maximum absolute atomic E-state index is 12.9. The van der Waals surface area contributed by atoms with Crippen LogP contribution in [0.5, 0.6) is 5.75 Å². The number of alkyl halides is 3. The lowest BCUT2D eigenvalue weighted by molar-refractivity contribution is -0.274. The number of hydrogen-bond donors (Lipinski definition) is 2. The van der Waals surface area contributed by atoms with Gasteiger partial charge in [0.1, 0.15) is 11.0 Å². The predicted octanol–water partition coefficient (Wildman–Crippen LogP) is 4.02. The fourth-order valence-electron chi connectivity index (χ4n) is 2.99. The summed E-state index contributed by atoms with van der Waals surface area (Å²) in [5.41, 5.74) is 1.07. The van der Waals surface area contributed by atoms with E-state index in [1.54, 1.807) is 27.7 Å². The van der Waals surface area contributed by atoms with Crippen LogP contribution in [0.3, 0.4) is 0 Å². The highest BCUT2D eigenvalue weighted by Crippen LogP contribution is 2.42. The molecule has 0 saturated heterocycles. The van der Waals surface area contributed by atoms with Gasteiger partial charge >= 0.3 is 12.3 Å². The number of hydrogen-bond acceptors (Lipinski definition) is 4. The fraction of sp³-hybridized carbons (Fsp3) is 0.389. The average Bonchev–Trinajstić information content (AvgIpc) is 2.51. The van der Waals surface area contributed by atoms with Gasteiger partial charge in [-0.25, -0.2) is 4.79 Å². The predicted molar refractivity (Wildman–Crippen MR) is 95.3 cm³/mol. The Bertz CT molecular complexity index is 802. The summed E-state index contributed by atoms with van der Waals surface area (Å²) in [5.74, 6) is -2.66. The van der Waals surface area contributed by atoms with Crippen molar-refractivity contribution >= 4 is 17.1 Å². The molecule has 0 aromatic heterocycles. The number of rotatable bonds is 5. The molecule has 148 valence electrons. The van der Waals surface area contributed by atoms with Crippen LogP contribution >= 0.6 is 0 Å². The molecular formula is C18H20F3NO4S. The van der Waals surface area contributed by atoms with Crippen LogP contribution in [-0.4, -0.2) is 27.2 Å². The number of benzene rings is 1. The van der Waals surface area contributed by atoms with Gasteiger partial charge in [0.05, 0.1) is 17.2 Å². The zero-order valence-corrected chi connectivity index (χ0v) is 16.0. The number of carboxylic acids is 1. The molecule has 0 aliphatic carbocycles. The van der Waals surface area contributed by atoms with Gasteiger partial charge in [0.25, 0.3) is 0 Å². The molecule has 9 heteroatoms. The minimum absolute atomic E-state index is 0.0613. The molecule has 1 aliphatic heterocycles. The molecule has 1 heterocycles. The number of aliphatic carboxylic acids is 1. The van der Waals surface area contributed by atoms with E-state index in [1.807, 2.05) is 0 Å².